The van der Waals surface area contributed by atoms with E-state index >= 15 is 0 Å². The fraction of sp³-hybridized carbons (Fsp3) is 0.480. The number of benzene rings is 1. The Kier molecular flexibility index (Phi) is 10.3. The van der Waals surface area contributed by atoms with Gasteiger partial charge in [0.2, 0.25) is 0 Å². The standard InChI is InChI=1S/C22H28Cl2N6O2.C3H8/c1-31-9-4-8-28(26)14-19(25)29-13-17(16-6-7-18(23)21(24)22(16)29)15-11-27-30(12-15)20-5-2-3-10-32-20;1-3-2/h6-7,11-14,20H,2-5,8-10,25-26H2,1H3;3H2,1-2H3/b19-14+;. The van der Waals surface area contributed by atoms with Crippen LogP contribution in [0.25, 0.3) is 27.9 Å². The first kappa shape index (κ1) is 27.4. The maximum Gasteiger partial charge on any atom is 0.150 e. The van der Waals surface area contributed by atoms with Crippen molar-refractivity contribution in [3.8, 4) is 11.1 Å². The number of methoxy groups -OCH3 is 1. The largest absolute Gasteiger partial charge is 0.385 e. The summed E-state index contributed by atoms with van der Waals surface area (Å²) in [5, 5.41) is 7.88. The third-order valence-electron chi connectivity index (χ3n) is 5.56. The molecule has 0 radical (unpaired) electrons. The van der Waals surface area contributed by atoms with Crippen molar-refractivity contribution in [3.63, 3.8) is 0 Å². The average Bonchev–Trinajstić information content (AvgIpc) is 3.48. The Bertz CT molecular complexity index is 1120. The SMILES string of the molecule is CCC.COCCCN(N)/C=C(\N)n1cc(-c2cnn(C3CCCCO3)c2)c2ccc(Cl)c(Cl)c21. The molecule has 4 N–H and O–H groups in total. The molecule has 2 aromatic heterocycles. The van der Waals surface area contributed by atoms with Gasteiger partial charge in [0.1, 0.15) is 12.0 Å². The minimum Gasteiger partial charge on any atom is -0.385 e. The molecule has 3 heterocycles. The molecule has 1 atom stereocenters. The lowest BCUT2D eigenvalue weighted by molar-refractivity contribution is -0.0394. The Labute approximate surface area is 217 Å². The summed E-state index contributed by atoms with van der Waals surface area (Å²) < 4.78 is 14.6. The maximum atomic E-state index is 6.60. The second-order valence-corrected chi connectivity index (χ2v) is 9.33. The van der Waals surface area contributed by atoms with E-state index in [4.69, 9.17) is 44.3 Å². The van der Waals surface area contributed by atoms with E-state index in [0.717, 1.165) is 54.3 Å². The van der Waals surface area contributed by atoms with Gasteiger partial charge in [0.15, 0.2) is 0 Å². The van der Waals surface area contributed by atoms with Gasteiger partial charge in [-0.3, -0.25) is 4.57 Å². The van der Waals surface area contributed by atoms with Gasteiger partial charge in [-0.15, -0.1) is 0 Å². The van der Waals surface area contributed by atoms with Crippen LogP contribution in [-0.2, 0) is 9.47 Å². The first-order valence-electron chi connectivity index (χ1n) is 12.0. The van der Waals surface area contributed by atoms with E-state index in [9.17, 15) is 0 Å². The lowest BCUT2D eigenvalue weighted by Gasteiger charge is -2.22. The molecule has 4 rings (SSSR count). The van der Waals surface area contributed by atoms with Crippen LogP contribution in [0.15, 0.2) is 36.9 Å². The molecule has 192 valence electrons. The molecule has 3 aromatic rings. The summed E-state index contributed by atoms with van der Waals surface area (Å²) in [5.74, 6) is 6.51. The number of hydrazine groups is 1. The highest BCUT2D eigenvalue weighted by Gasteiger charge is 2.20. The minimum absolute atomic E-state index is 0.0354. The predicted octanol–water partition coefficient (Wildman–Crippen LogP) is 5.85. The Morgan fingerprint density at radius 3 is 2.74 bits per heavy atom. The number of fused-ring (bicyclic) bond motifs is 1. The van der Waals surface area contributed by atoms with Gasteiger partial charge in [0.05, 0.1) is 28.0 Å². The summed E-state index contributed by atoms with van der Waals surface area (Å²) in [6, 6.07) is 3.73. The number of hydrogen-bond acceptors (Lipinski definition) is 6. The van der Waals surface area contributed by atoms with Crippen molar-refractivity contribution >= 4 is 39.9 Å². The molecule has 0 spiro atoms. The van der Waals surface area contributed by atoms with E-state index in [0.29, 0.717) is 29.0 Å². The van der Waals surface area contributed by atoms with Gasteiger partial charge >= 0.3 is 0 Å². The quantitative estimate of drug-likeness (QED) is 0.218. The number of hydrogen-bond donors (Lipinski definition) is 2. The highest BCUT2D eigenvalue weighted by atomic mass is 35.5. The zero-order chi connectivity index (χ0) is 25.4. The van der Waals surface area contributed by atoms with Gasteiger partial charge in [-0.25, -0.2) is 10.5 Å². The summed E-state index contributed by atoms with van der Waals surface area (Å²) in [5.41, 5.74) is 9.03. The first-order chi connectivity index (χ1) is 16.9. The Morgan fingerprint density at radius 2 is 2.06 bits per heavy atom. The van der Waals surface area contributed by atoms with Crippen LogP contribution >= 0.6 is 23.2 Å². The number of ether oxygens (including phenoxy) is 2. The van der Waals surface area contributed by atoms with Crippen LogP contribution in [0, 0.1) is 0 Å². The average molecular weight is 524 g/mol. The molecular formula is C25H36Cl2N6O2. The molecule has 1 fully saturated rings. The molecule has 1 aliphatic heterocycles. The number of halogens is 2. The van der Waals surface area contributed by atoms with Crippen LogP contribution in [0.2, 0.25) is 10.0 Å². The zero-order valence-corrected chi connectivity index (χ0v) is 22.2. The van der Waals surface area contributed by atoms with Gasteiger partial charge in [-0.1, -0.05) is 49.5 Å². The second kappa shape index (κ2) is 13.2. The molecule has 8 nitrogen and oxygen atoms in total. The minimum atomic E-state index is -0.0354. The van der Waals surface area contributed by atoms with Crippen LogP contribution in [0.5, 0.6) is 0 Å². The summed E-state index contributed by atoms with van der Waals surface area (Å²) in [7, 11) is 1.66. The monoisotopic (exact) mass is 522 g/mol. The van der Waals surface area contributed by atoms with Gasteiger partial charge in [-0.05, 0) is 31.7 Å². The van der Waals surface area contributed by atoms with E-state index in [-0.39, 0.29) is 6.23 Å². The van der Waals surface area contributed by atoms with Crippen LogP contribution < -0.4 is 11.6 Å². The number of nitrogens with zero attached hydrogens (tertiary/aromatic N) is 4. The molecule has 0 saturated carbocycles. The van der Waals surface area contributed by atoms with Crippen molar-refractivity contribution in [1.29, 1.82) is 0 Å². The fourth-order valence-corrected chi connectivity index (χ4v) is 4.35. The molecule has 0 amide bonds. The van der Waals surface area contributed by atoms with Crippen LogP contribution in [0.4, 0.5) is 0 Å². The first-order valence-corrected chi connectivity index (χ1v) is 12.8. The highest BCUT2D eigenvalue weighted by Crippen LogP contribution is 2.39. The fourth-order valence-electron chi connectivity index (χ4n) is 3.94. The van der Waals surface area contributed by atoms with Crippen molar-refractivity contribution in [1.82, 2.24) is 19.4 Å². The van der Waals surface area contributed by atoms with E-state index in [2.05, 4.69) is 18.9 Å². The molecule has 1 saturated heterocycles. The van der Waals surface area contributed by atoms with Gasteiger partial charge in [-0.2, -0.15) is 5.10 Å². The molecule has 10 heteroatoms. The summed E-state index contributed by atoms with van der Waals surface area (Å²) in [6.07, 6.45) is 12.6. The molecule has 1 aliphatic rings. The molecular weight excluding hydrogens is 487 g/mol. The van der Waals surface area contributed by atoms with E-state index in [1.54, 1.807) is 19.4 Å². The number of rotatable bonds is 8. The zero-order valence-electron chi connectivity index (χ0n) is 20.7. The Balaban J connectivity index is 0.00000108. The van der Waals surface area contributed by atoms with Crippen molar-refractivity contribution in [2.24, 2.45) is 11.6 Å². The van der Waals surface area contributed by atoms with Crippen molar-refractivity contribution in [2.45, 2.75) is 52.2 Å². The third kappa shape index (κ3) is 6.71. The van der Waals surface area contributed by atoms with Crippen molar-refractivity contribution in [3.05, 3.63) is 47.0 Å². The van der Waals surface area contributed by atoms with Crippen molar-refractivity contribution in [2.75, 3.05) is 26.9 Å². The predicted molar refractivity (Wildman–Crippen MR) is 144 cm³/mol. The summed E-state index contributed by atoms with van der Waals surface area (Å²) in [6.45, 7) is 6.23. The normalized spacial score (nSPS) is 16.3. The highest BCUT2D eigenvalue weighted by molar-refractivity contribution is 6.45. The lowest BCUT2D eigenvalue weighted by atomic mass is 10.1. The molecule has 1 aromatic carbocycles. The van der Waals surface area contributed by atoms with Crippen LogP contribution in [0.1, 0.15) is 52.2 Å². The summed E-state index contributed by atoms with van der Waals surface area (Å²) >= 11 is 12.9. The lowest BCUT2D eigenvalue weighted by Crippen LogP contribution is -2.28. The van der Waals surface area contributed by atoms with Gasteiger partial charge in [0.25, 0.3) is 0 Å². The number of aromatic nitrogens is 3. The number of nitrogens with two attached hydrogens (primary N) is 2. The topological polar surface area (TPSA) is 96.5 Å². The molecule has 0 aliphatic carbocycles. The maximum absolute atomic E-state index is 6.60. The van der Waals surface area contributed by atoms with Crippen molar-refractivity contribution < 1.29 is 9.47 Å². The van der Waals surface area contributed by atoms with E-state index in [1.165, 1.54) is 11.4 Å². The van der Waals surface area contributed by atoms with Crippen LogP contribution in [-0.4, -0.2) is 46.2 Å². The molecule has 1 unspecified atom stereocenters. The van der Waals surface area contributed by atoms with Gasteiger partial charge in [0, 0.05) is 55.8 Å². The third-order valence-corrected chi connectivity index (χ3v) is 6.36. The van der Waals surface area contributed by atoms with Gasteiger partial charge < -0.3 is 20.2 Å². The molecule has 0 bridgehead atoms. The summed E-state index contributed by atoms with van der Waals surface area (Å²) in [4.78, 5) is 0. The van der Waals surface area contributed by atoms with Crippen LogP contribution in [0.3, 0.4) is 0 Å². The Morgan fingerprint density at radius 1 is 1.29 bits per heavy atom. The van der Waals surface area contributed by atoms with E-state index in [1.807, 2.05) is 33.9 Å². The Hall–Kier alpha value is -2.23. The van der Waals surface area contributed by atoms with E-state index < -0.39 is 0 Å². The smallest absolute Gasteiger partial charge is 0.150 e. The second-order valence-electron chi connectivity index (χ2n) is 8.55. The molecule has 35 heavy (non-hydrogen) atoms.